The zero-order valence-electron chi connectivity index (χ0n) is 16.2. The van der Waals surface area contributed by atoms with Gasteiger partial charge in [-0.15, -0.1) is 0 Å². The van der Waals surface area contributed by atoms with Crippen LogP contribution in [0.15, 0.2) is 41.3 Å². The predicted molar refractivity (Wildman–Crippen MR) is 107 cm³/mol. The summed E-state index contributed by atoms with van der Waals surface area (Å²) < 4.78 is 47.3. The summed E-state index contributed by atoms with van der Waals surface area (Å²) in [4.78, 5) is 12.4. The fourth-order valence-electron chi connectivity index (χ4n) is 3.88. The molecule has 29 heavy (non-hydrogen) atoms. The Bertz CT molecular complexity index is 1230. The Morgan fingerprint density at radius 3 is 2.79 bits per heavy atom. The molecule has 0 aliphatic carbocycles. The lowest BCUT2D eigenvalue weighted by molar-refractivity contribution is -0.143. The molecule has 2 heterocycles. The Labute approximate surface area is 168 Å². The summed E-state index contributed by atoms with van der Waals surface area (Å²) in [6.45, 7) is 4.26. The summed E-state index contributed by atoms with van der Waals surface area (Å²) in [6, 6.07) is 9.75. The van der Waals surface area contributed by atoms with Gasteiger partial charge in [-0.2, -0.15) is 0 Å². The van der Waals surface area contributed by atoms with Gasteiger partial charge in [-0.3, -0.25) is 4.79 Å². The van der Waals surface area contributed by atoms with Gasteiger partial charge >= 0.3 is 5.97 Å². The van der Waals surface area contributed by atoms with Crippen LogP contribution in [0.25, 0.3) is 10.9 Å². The van der Waals surface area contributed by atoms with Crippen molar-refractivity contribution in [2.75, 3.05) is 6.61 Å². The average molecular weight is 416 g/mol. The van der Waals surface area contributed by atoms with E-state index in [1.54, 1.807) is 25.1 Å². The van der Waals surface area contributed by atoms with Crippen LogP contribution in [0.4, 0.5) is 4.39 Å². The number of halogens is 1. The quantitative estimate of drug-likeness (QED) is 0.649. The number of fused-ring (bicyclic) bond motifs is 2. The minimum Gasteiger partial charge on any atom is -0.465 e. The lowest BCUT2D eigenvalue weighted by Crippen LogP contribution is -2.14. The Balaban J connectivity index is 1.77. The molecular formula is C21H21FN2O4S. The highest BCUT2D eigenvalue weighted by molar-refractivity contribution is 7.89. The smallest absolute Gasteiger partial charge is 0.325 e. The lowest BCUT2D eigenvalue weighted by Gasteiger charge is -2.09. The summed E-state index contributed by atoms with van der Waals surface area (Å²) in [5, 5.41) is 0.734. The Kier molecular flexibility index (Phi) is 4.92. The van der Waals surface area contributed by atoms with Gasteiger partial charge in [0, 0.05) is 23.1 Å². The van der Waals surface area contributed by atoms with Crippen LogP contribution in [0.5, 0.6) is 0 Å². The summed E-state index contributed by atoms with van der Waals surface area (Å²) in [7, 11) is -3.41. The van der Waals surface area contributed by atoms with E-state index in [0.29, 0.717) is 17.9 Å². The van der Waals surface area contributed by atoms with Crippen LogP contribution in [0.2, 0.25) is 0 Å². The topological polar surface area (TPSA) is 77.4 Å². The molecule has 0 spiro atoms. The largest absolute Gasteiger partial charge is 0.465 e. The van der Waals surface area contributed by atoms with E-state index >= 15 is 0 Å². The fourth-order valence-corrected chi connectivity index (χ4v) is 5.11. The SMILES string of the molecule is CCOC(=O)Cn1c(C)c(Cc2ccc3c(c2)CNS3(=O)=O)c2cc(F)ccc21. The number of nitrogens with one attached hydrogen (secondary N) is 1. The van der Waals surface area contributed by atoms with Crippen molar-refractivity contribution in [3.63, 3.8) is 0 Å². The van der Waals surface area contributed by atoms with E-state index in [-0.39, 0.29) is 24.9 Å². The summed E-state index contributed by atoms with van der Waals surface area (Å²) in [6.07, 6.45) is 0.495. The number of carbonyl (C=O) groups is 1. The van der Waals surface area contributed by atoms with E-state index < -0.39 is 10.0 Å². The molecular weight excluding hydrogens is 395 g/mol. The fraction of sp³-hybridized carbons (Fsp3) is 0.286. The van der Waals surface area contributed by atoms with Crippen LogP contribution in [-0.2, 0) is 39.1 Å². The molecule has 0 saturated heterocycles. The number of aromatic nitrogens is 1. The second kappa shape index (κ2) is 7.27. The first-order valence-corrected chi connectivity index (χ1v) is 10.8. The molecule has 3 aromatic rings. The van der Waals surface area contributed by atoms with Gasteiger partial charge in [-0.25, -0.2) is 17.5 Å². The normalized spacial score (nSPS) is 14.9. The lowest BCUT2D eigenvalue weighted by atomic mass is 10.0. The zero-order chi connectivity index (χ0) is 20.8. The molecule has 1 N–H and O–H groups in total. The van der Waals surface area contributed by atoms with Gasteiger partial charge < -0.3 is 9.30 Å². The number of rotatable bonds is 5. The van der Waals surface area contributed by atoms with E-state index in [2.05, 4.69) is 4.72 Å². The number of benzene rings is 2. The van der Waals surface area contributed by atoms with Crippen LogP contribution in [0.1, 0.15) is 29.3 Å². The second-order valence-electron chi connectivity index (χ2n) is 7.06. The minimum atomic E-state index is -3.41. The third-order valence-electron chi connectivity index (χ3n) is 5.26. The molecule has 1 aliphatic heterocycles. The van der Waals surface area contributed by atoms with Crippen LogP contribution in [-0.4, -0.2) is 25.6 Å². The molecule has 0 unspecified atom stereocenters. The third-order valence-corrected chi connectivity index (χ3v) is 6.76. The van der Waals surface area contributed by atoms with Crippen LogP contribution < -0.4 is 4.72 Å². The number of hydrogen-bond donors (Lipinski definition) is 1. The highest BCUT2D eigenvalue weighted by Gasteiger charge is 2.25. The number of nitrogens with zero attached hydrogens (tertiary/aromatic N) is 1. The van der Waals surface area contributed by atoms with Crippen molar-refractivity contribution in [3.05, 3.63) is 64.6 Å². The molecule has 1 aliphatic rings. The van der Waals surface area contributed by atoms with E-state index in [0.717, 1.165) is 33.3 Å². The Morgan fingerprint density at radius 2 is 2.03 bits per heavy atom. The van der Waals surface area contributed by atoms with Gasteiger partial charge in [-0.1, -0.05) is 12.1 Å². The molecule has 1 aromatic heterocycles. The molecule has 0 atom stereocenters. The van der Waals surface area contributed by atoms with E-state index in [1.807, 2.05) is 17.6 Å². The summed E-state index contributed by atoms with van der Waals surface area (Å²) in [5.74, 6) is -0.700. The highest BCUT2D eigenvalue weighted by Crippen LogP contribution is 2.30. The van der Waals surface area contributed by atoms with Gasteiger partial charge in [0.1, 0.15) is 12.4 Å². The standard InChI is InChI=1S/C21H21FN2O4S/c1-3-28-21(25)12-24-13(2)17(18-10-16(22)5-6-19(18)24)9-14-4-7-20-15(8-14)11-23-29(20,26)27/h4-8,10,23H,3,9,11-12H2,1-2H3. The number of esters is 1. The van der Waals surface area contributed by atoms with Crippen molar-refractivity contribution < 1.29 is 22.3 Å². The van der Waals surface area contributed by atoms with Gasteiger partial charge in [0.15, 0.2) is 0 Å². The molecule has 4 rings (SSSR count). The first-order valence-electron chi connectivity index (χ1n) is 9.34. The Hall–Kier alpha value is -2.71. The van der Waals surface area contributed by atoms with E-state index in [1.165, 1.54) is 12.1 Å². The first-order chi connectivity index (χ1) is 13.8. The van der Waals surface area contributed by atoms with Crippen LogP contribution >= 0.6 is 0 Å². The molecule has 0 amide bonds. The Morgan fingerprint density at radius 1 is 1.24 bits per heavy atom. The molecule has 0 radical (unpaired) electrons. The van der Waals surface area contributed by atoms with Gasteiger partial charge in [0.2, 0.25) is 10.0 Å². The molecule has 152 valence electrons. The highest BCUT2D eigenvalue weighted by atomic mass is 32.2. The van der Waals surface area contributed by atoms with E-state index in [4.69, 9.17) is 4.74 Å². The number of carbonyl (C=O) groups excluding carboxylic acids is 1. The van der Waals surface area contributed by atoms with Crippen LogP contribution in [0.3, 0.4) is 0 Å². The minimum absolute atomic E-state index is 0.0498. The van der Waals surface area contributed by atoms with E-state index in [9.17, 15) is 17.6 Å². The van der Waals surface area contributed by atoms with Crippen molar-refractivity contribution in [2.45, 2.75) is 38.3 Å². The number of hydrogen-bond acceptors (Lipinski definition) is 4. The zero-order valence-corrected chi connectivity index (χ0v) is 17.0. The number of ether oxygens (including phenoxy) is 1. The third kappa shape index (κ3) is 3.54. The van der Waals surface area contributed by atoms with Crippen molar-refractivity contribution in [2.24, 2.45) is 0 Å². The average Bonchev–Trinajstić information content (AvgIpc) is 3.10. The van der Waals surface area contributed by atoms with Crippen molar-refractivity contribution in [1.29, 1.82) is 0 Å². The molecule has 0 bridgehead atoms. The maximum atomic E-state index is 14.0. The molecule has 0 saturated carbocycles. The first kappa shape index (κ1) is 19.6. The van der Waals surface area contributed by atoms with Crippen LogP contribution in [0, 0.1) is 12.7 Å². The number of sulfonamides is 1. The summed E-state index contributed by atoms with van der Waals surface area (Å²) >= 11 is 0. The monoisotopic (exact) mass is 416 g/mol. The predicted octanol–water partition coefficient (Wildman–Crippen LogP) is 3.03. The second-order valence-corrected chi connectivity index (χ2v) is 8.80. The van der Waals surface area contributed by atoms with Gasteiger partial charge in [-0.05, 0) is 61.2 Å². The molecule has 8 heteroatoms. The van der Waals surface area contributed by atoms with Crippen molar-refractivity contribution >= 4 is 26.9 Å². The molecule has 2 aromatic carbocycles. The maximum absolute atomic E-state index is 14.0. The maximum Gasteiger partial charge on any atom is 0.325 e. The van der Waals surface area contributed by atoms with Crippen molar-refractivity contribution in [1.82, 2.24) is 9.29 Å². The van der Waals surface area contributed by atoms with Gasteiger partial charge in [0.25, 0.3) is 0 Å². The molecule has 6 nitrogen and oxygen atoms in total. The summed E-state index contributed by atoms with van der Waals surface area (Å²) in [5.41, 5.74) is 4.16. The van der Waals surface area contributed by atoms with Crippen molar-refractivity contribution in [3.8, 4) is 0 Å². The molecule has 0 fully saturated rings. The van der Waals surface area contributed by atoms with Gasteiger partial charge in [0.05, 0.1) is 11.5 Å².